The maximum atomic E-state index is 12.2. The first-order chi connectivity index (χ1) is 17.5. The standard InChI is InChI=1S/C28H24N2O6/c1-34-26-15-20(11-14-25(26)35-17-19-9-12-22(13-10-19)28(32)33)16-29-30-27(31)18-36-24-8-4-6-21-5-2-3-7-23(21)24/h2-16H,17-18H2,1H3,(H,30,31)(H,32,33)/b29-16+. The number of aromatic carboxylic acids is 1. The van der Waals surface area contributed by atoms with Crippen LogP contribution in [-0.2, 0) is 11.4 Å². The molecule has 0 atom stereocenters. The Morgan fingerprint density at radius 2 is 1.67 bits per heavy atom. The molecule has 0 aromatic heterocycles. The molecule has 8 heteroatoms. The van der Waals surface area contributed by atoms with Crippen molar-refractivity contribution in [2.75, 3.05) is 13.7 Å². The van der Waals surface area contributed by atoms with Crippen molar-refractivity contribution in [3.8, 4) is 17.2 Å². The number of fused-ring (bicyclic) bond motifs is 1. The van der Waals surface area contributed by atoms with E-state index in [1.807, 2.05) is 42.5 Å². The van der Waals surface area contributed by atoms with E-state index in [0.717, 1.165) is 16.3 Å². The Balaban J connectivity index is 1.30. The molecule has 36 heavy (non-hydrogen) atoms. The number of benzene rings is 4. The SMILES string of the molecule is COc1cc(/C=N/NC(=O)COc2cccc3ccccc23)ccc1OCc1ccc(C(=O)O)cc1. The summed E-state index contributed by atoms with van der Waals surface area (Å²) in [5.41, 5.74) is 4.18. The van der Waals surface area contributed by atoms with Crippen molar-refractivity contribution >= 4 is 28.9 Å². The van der Waals surface area contributed by atoms with Crippen LogP contribution < -0.4 is 19.6 Å². The summed E-state index contributed by atoms with van der Waals surface area (Å²) in [6.45, 7) is 0.0747. The minimum absolute atomic E-state index is 0.172. The zero-order valence-corrected chi connectivity index (χ0v) is 19.5. The Kier molecular flexibility index (Phi) is 7.77. The summed E-state index contributed by atoms with van der Waals surface area (Å²) in [5.74, 6) is 0.275. The van der Waals surface area contributed by atoms with Crippen molar-refractivity contribution < 1.29 is 28.9 Å². The molecule has 4 aromatic carbocycles. The van der Waals surface area contributed by atoms with Crippen LogP contribution in [0.3, 0.4) is 0 Å². The zero-order chi connectivity index (χ0) is 25.3. The van der Waals surface area contributed by atoms with Gasteiger partial charge in [-0.1, -0.05) is 48.5 Å². The van der Waals surface area contributed by atoms with E-state index in [-0.39, 0.29) is 24.7 Å². The molecule has 0 radical (unpaired) electrons. The molecule has 0 unspecified atom stereocenters. The number of hydrazone groups is 1. The summed E-state index contributed by atoms with van der Waals surface area (Å²) in [5, 5.41) is 14.9. The fraction of sp³-hybridized carbons (Fsp3) is 0.107. The molecule has 0 aliphatic carbocycles. The molecule has 0 bridgehead atoms. The first-order valence-corrected chi connectivity index (χ1v) is 11.1. The molecule has 182 valence electrons. The predicted molar refractivity (Wildman–Crippen MR) is 136 cm³/mol. The van der Waals surface area contributed by atoms with Crippen LogP contribution in [0.25, 0.3) is 10.8 Å². The number of carboxylic acids is 1. The van der Waals surface area contributed by atoms with Gasteiger partial charge >= 0.3 is 5.97 Å². The zero-order valence-electron chi connectivity index (χ0n) is 19.5. The van der Waals surface area contributed by atoms with Gasteiger partial charge in [0.2, 0.25) is 0 Å². The summed E-state index contributed by atoms with van der Waals surface area (Å²) in [6.07, 6.45) is 1.49. The van der Waals surface area contributed by atoms with Crippen LogP contribution in [0.4, 0.5) is 0 Å². The molecule has 0 heterocycles. The maximum Gasteiger partial charge on any atom is 0.335 e. The molecule has 0 spiro atoms. The highest BCUT2D eigenvalue weighted by Gasteiger charge is 2.08. The molecular weight excluding hydrogens is 460 g/mol. The lowest BCUT2D eigenvalue weighted by Crippen LogP contribution is -2.24. The van der Waals surface area contributed by atoms with Crippen molar-refractivity contribution in [2.24, 2.45) is 5.10 Å². The number of nitrogens with one attached hydrogen (secondary N) is 1. The van der Waals surface area contributed by atoms with E-state index >= 15 is 0 Å². The van der Waals surface area contributed by atoms with E-state index in [0.29, 0.717) is 22.8 Å². The Hall–Kier alpha value is -4.85. The number of rotatable bonds is 10. The maximum absolute atomic E-state index is 12.2. The van der Waals surface area contributed by atoms with Gasteiger partial charge in [-0.15, -0.1) is 0 Å². The highest BCUT2D eigenvalue weighted by atomic mass is 16.5. The molecule has 0 aliphatic rings. The van der Waals surface area contributed by atoms with E-state index in [9.17, 15) is 9.59 Å². The van der Waals surface area contributed by atoms with Crippen molar-refractivity contribution in [3.63, 3.8) is 0 Å². The van der Waals surface area contributed by atoms with Crippen LogP contribution in [0.1, 0.15) is 21.5 Å². The summed E-state index contributed by atoms with van der Waals surface area (Å²) in [4.78, 5) is 23.1. The molecule has 0 saturated heterocycles. The lowest BCUT2D eigenvalue weighted by molar-refractivity contribution is -0.123. The topological polar surface area (TPSA) is 106 Å². The van der Waals surface area contributed by atoms with Gasteiger partial charge in [-0.3, -0.25) is 4.79 Å². The number of hydrogen-bond acceptors (Lipinski definition) is 6. The normalized spacial score (nSPS) is 10.8. The Labute approximate surface area is 207 Å². The monoisotopic (exact) mass is 484 g/mol. The van der Waals surface area contributed by atoms with Gasteiger partial charge in [-0.25, -0.2) is 10.2 Å². The average molecular weight is 485 g/mol. The Morgan fingerprint density at radius 1 is 0.889 bits per heavy atom. The third-order valence-corrected chi connectivity index (χ3v) is 5.29. The van der Waals surface area contributed by atoms with Crippen molar-refractivity contribution in [1.29, 1.82) is 0 Å². The quantitative estimate of drug-likeness (QED) is 0.251. The summed E-state index contributed by atoms with van der Waals surface area (Å²) in [6, 6.07) is 25.2. The van der Waals surface area contributed by atoms with Crippen molar-refractivity contribution in [3.05, 3.63) is 102 Å². The number of nitrogens with zero attached hydrogens (tertiary/aromatic N) is 1. The number of ether oxygens (including phenoxy) is 3. The number of carbonyl (C=O) groups excluding carboxylic acids is 1. The van der Waals surface area contributed by atoms with Crippen LogP contribution in [-0.4, -0.2) is 36.9 Å². The summed E-state index contributed by atoms with van der Waals surface area (Å²) < 4.78 is 16.9. The minimum atomic E-state index is -0.977. The van der Waals surface area contributed by atoms with Gasteiger partial charge in [0.1, 0.15) is 12.4 Å². The van der Waals surface area contributed by atoms with Gasteiger partial charge in [0.25, 0.3) is 5.91 Å². The smallest absolute Gasteiger partial charge is 0.335 e. The Morgan fingerprint density at radius 3 is 2.44 bits per heavy atom. The molecule has 8 nitrogen and oxygen atoms in total. The molecule has 4 aromatic rings. The summed E-state index contributed by atoms with van der Waals surface area (Å²) in [7, 11) is 1.52. The number of hydrogen-bond donors (Lipinski definition) is 2. The molecule has 0 saturated carbocycles. The van der Waals surface area contributed by atoms with E-state index in [2.05, 4.69) is 10.5 Å². The molecule has 1 amide bonds. The number of carbonyl (C=O) groups is 2. The second-order valence-corrected chi connectivity index (χ2v) is 7.76. The van der Waals surface area contributed by atoms with Gasteiger partial charge in [0.05, 0.1) is 18.9 Å². The highest BCUT2D eigenvalue weighted by molar-refractivity contribution is 5.89. The van der Waals surface area contributed by atoms with Crippen LogP contribution in [0.2, 0.25) is 0 Å². The van der Waals surface area contributed by atoms with Gasteiger partial charge < -0.3 is 19.3 Å². The average Bonchev–Trinajstić information content (AvgIpc) is 2.91. The van der Waals surface area contributed by atoms with Crippen LogP contribution in [0.15, 0.2) is 90.0 Å². The number of methoxy groups -OCH3 is 1. The van der Waals surface area contributed by atoms with Gasteiger partial charge in [0, 0.05) is 5.39 Å². The van der Waals surface area contributed by atoms with E-state index < -0.39 is 5.97 Å². The largest absolute Gasteiger partial charge is 0.493 e. The fourth-order valence-corrected chi connectivity index (χ4v) is 3.46. The number of carboxylic acid groups (broad SMARTS) is 1. The Bertz CT molecular complexity index is 1390. The van der Waals surface area contributed by atoms with Crippen molar-refractivity contribution in [1.82, 2.24) is 5.43 Å². The van der Waals surface area contributed by atoms with Gasteiger partial charge in [-0.05, 0) is 52.9 Å². The molecular formula is C28H24N2O6. The molecule has 0 aliphatic heterocycles. The van der Waals surface area contributed by atoms with Crippen LogP contribution >= 0.6 is 0 Å². The van der Waals surface area contributed by atoms with Crippen molar-refractivity contribution in [2.45, 2.75) is 6.61 Å². The van der Waals surface area contributed by atoms with Gasteiger partial charge in [-0.2, -0.15) is 5.10 Å². The number of amides is 1. The molecule has 0 fully saturated rings. The second kappa shape index (κ2) is 11.5. The second-order valence-electron chi connectivity index (χ2n) is 7.76. The lowest BCUT2D eigenvalue weighted by Gasteiger charge is -2.11. The predicted octanol–water partition coefficient (Wildman–Crippen LogP) is 4.65. The fourth-order valence-electron chi connectivity index (χ4n) is 3.46. The third-order valence-electron chi connectivity index (χ3n) is 5.29. The van der Waals surface area contributed by atoms with E-state index in [1.54, 1.807) is 30.3 Å². The third kappa shape index (κ3) is 6.18. The first-order valence-electron chi connectivity index (χ1n) is 11.1. The van der Waals surface area contributed by atoms with E-state index in [4.69, 9.17) is 19.3 Å². The summed E-state index contributed by atoms with van der Waals surface area (Å²) >= 11 is 0. The van der Waals surface area contributed by atoms with Crippen LogP contribution in [0.5, 0.6) is 17.2 Å². The molecule has 2 N–H and O–H groups in total. The van der Waals surface area contributed by atoms with Crippen LogP contribution in [0, 0.1) is 0 Å². The van der Waals surface area contributed by atoms with E-state index in [1.165, 1.54) is 25.5 Å². The minimum Gasteiger partial charge on any atom is -0.493 e. The molecule has 4 rings (SSSR count). The first kappa shape index (κ1) is 24.3. The highest BCUT2D eigenvalue weighted by Crippen LogP contribution is 2.28. The lowest BCUT2D eigenvalue weighted by atomic mass is 10.1. The van der Waals surface area contributed by atoms with Gasteiger partial charge in [0.15, 0.2) is 18.1 Å².